The number of carbonyl (C=O) groups excluding carboxylic acids is 1. The lowest BCUT2D eigenvalue weighted by Gasteiger charge is -2.09. The topological polar surface area (TPSA) is 69.2 Å². The lowest BCUT2D eigenvalue weighted by molar-refractivity contribution is -0.123. The Labute approximate surface area is 160 Å². The highest BCUT2D eigenvalue weighted by molar-refractivity contribution is 9.10. The van der Waals surface area contributed by atoms with Crippen molar-refractivity contribution in [1.29, 1.82) is 0 Å². The second-order valence-electron chi connectivity index (χ2n) is 5.03. The predicted octanol–water partition coefficient (Wildman–Crippen LogP) is 3.66. The van der Waals surface area contributed by atoms with Gasteiger partial charge in [-0.05, 0) is 42.0 Å². The molecule has 0 heterocycles. The van der Waals surface area contributed by atoms with E-state index in [1.807, 2.05) is 30.3 Å². The molecule has 0 saturated heterocycles. The molecule has 0 bridgehead atoms. The van der Waals surface area contributed by atoms with Crippen molar-refractivity contribution in [3.63, 3.8) is 0 Å². The molecule has 1 N–H and O–H groups in total. The van der Waals surface area contributed by atoms with Crippen molar-refractivity contribution < 1.29 is 19.0 Å². The average Bonchev–Trinajstić information content (AvgIpc) is 2.67. The molecule has 2 aromatic rings. The summed E-state index contributed by atoms with van der Waals surface area (Å²) in [5.41, 5.74) is 3.39. The number of hydrogen-bond acceptors (Lipinski definition) is 5. The van der Waals surface area contributed by atoms with Gasteiger partial charge in [-0.2, -0.15) is 5.10 Å². The summed E-state index contributed by atoms with van der Waals surface area (Å²) in [5, 5.41) is 3.83. The van der Waals surface area contributed by atoms with Crippen molar-refractivity contribution in [2.45, 2.75) is 0 Å². The first-order valence-electron chi connectivity index (χ1n) is 7.71. The maximum absolute atomic E-state index is 11.7. The molecule has 0 radical (unpaired) electrons. The molecular weight excluding hydrogens is 400 g/mol. The number of hydrogen-bond donors (Lipinski definition) is 1. The zero-order valence-electron chi connectivity index (χ0n) is 14.4. The number of ether oxygens (including phenoxy) is 3. The molecule has 0 saturated carbocycles. The Kier molecular flexibility index (Phi) is 7.70. The third-order valence-corrected chi connectivity index (χ3v) is 3.73. The smallest absolute Gasteiger partial charge is 0.277 e. The van der Waals surface area contributed by atoms with Gasteiger partial charge < -0.3 is 14.2 Å². The molecule has 2 aromatic carbocycles. The van der Waals surface area contributed by atoms with E-state index in [-0.39, 0.29) is 12.5 Å². The monoisotopic (exact) mass is 418 g/mol. The lowest BCUT2D eigenvalue weighted by atomic mass is 10.2. The van der Waals surface area contributed by atoms with Crippen molar-refractivity contribution in [2.75, 3.05) is 20.8 Å². The van der Waals surface area contributed by atoms with Gasteiger partial charge in [0, 0.05) is 10.7 Å². The highest BCUT2D eigenvalue weighted by Crippen LogP contribution is 2.29. The second-order valence-corrected chi connectivity index (χ2v) is 5.94. The number of benzene rings is 2. The summed E-state index contributed by atoms with van der Waals surface area (Å²) >= 11 is 3.34. The van der Waals surface area contributed by atoms with E-state index < -0.39 is 0 Å². The first-order valence-corrected chi connectivity index (χ1v) is 8.50. The minimum absolute atomic E-state index is 0.169. The summed E-state index contributed by atoms with van der Waals surface area (Å²) < 4.78 is 16.6. The van der Waals surface area contributed by atoms with E-state index in [0.717, 1.165) is 15.8 Å². The Hall–Kier alpha value is -2.80. The maximum atomic E-state index is 11.7. The molecule has 0 aromatic heterocycles. The number of methoxy groups -OCH3 is 2. The average molecular weight is 419 g/mol. The van der Waals surface area contributed by atoms with Crippen LogP contribution < -0.4 is 19.6 Å². The van der Waals surface area contributed by atoms with Crippen LogP contribution in [0.25, 0.3) is 6.08 Å². The standard InChI is InChI=1S/C19H19BrN2O4/c1-24-16-8-5-14(6-9-16)4-3-11-21-22-19(23)13-26-17-10-7-15(20)12-18(17)25-2/h3-12H,13H2,1-2H3,(H,22,23)/b4-3+,21-11-. The first-order chi connectivity index (χ1) is 12.6. The van der Waals surface area contributed by atoms with Crippen LogP contribution in [-0.2, 0) is 4.79 Å². The third-order valence-electron chi connectivity index (χ3n) is 3.24. The quantitative estimate of drug-likeness (QED) is 0.524. The molecule has 2 rings (SSSR count). The van der Waals surface area contributed by atoms with Crippen LogP contribution in [0.3, 0.4) is 0 Å². The van der Waals surface area contributed by atoms with Gasteiger partial charge in [-0.3, -0.25) is 4.79 Å². The third kappa shape index (κ3) is 6.25. The minimum atomic E-state index is -0.371. The molecule has 7 heteroatoms. The second kappa shape index (κ2) is 10.2. The van der Waals surface area contributed by atoms with Crippen molar-refractivity contribution >= 4 is 34.1 Å². The number of rotatable bonds is 8. The summed E-state index contributed by atoms with van der Waals surface area (Å²) in [6.07, 6.45) is 5.07. The van der Waals surface area contributed by atoms with Crippen LogP contribution >= 0.6 is 15.9 Å². The van der Waals surface area contributed by atoms with Gasteiger partial charge in [-0.15, -0.1) is 0 Å². The summed E-state index contributed by atoms with van der Waals surface area (Å²) in [5.74, 6) is 1.45. The maximum Gasteiger partial charge on any atom is 0.277 e. The van der Waals surface area contributed by atoms with Gasteiger partial charge in [0.05, 0.1) is 14.2 Å². The zero-order chi connectivity index (χ0) is 18.8. The molecule has 136 valence electrons. The molecule has 0 fully saturated rings. The van der Waals surface area contributed by atoms with E-state index in [1.165, 1.54) is 13.3 Å². The highest BCUT2D eigenvalue weighted by atomic mass is 79.9. The summed E-state index contributed by atoms with van der Waals surface area (Å²) in [6, 6.07) is 12.9. The van der Waals surface area contributed by atoms with Gasteiger partial charge in [0.25, 0.3) is 5.91 Å². The molecule has 0 atom stereocenters. The largest absolute Gasteiger partial charge is 0.497 e. The lowest BCUT2D eigenvalue weighted by Crippen LogP contribution is -2.24. The van der Waals surface area contributed by atoms with Crippen LogP contribution in [0.5, 0.6) is 17.2 Å². The molecular formula is C19H19BrN2O4. The Morgan fingerprint density at radius 2 is 1.88 bits per heavy atom. The van der Waals surface area contributed by atoms with Crippen LogP contribution in [0.15, 0.2) is 58.1 Å². The summed E-state index contributed by atoms with van der Waals surface area (Å²) in [7, 11) is 3.16. The molecule has 26 heavy (non-hydrogen) atoms. The molecule has 0 spiro atoms. The highest BCUT2D eigenvalue weighted by Gasteiger charge is 2.07. The molecule has 0 aliphatic heterocycles. The Bertz CT molecular complexity index is 789. The van der Waals surface area contributed by atoms with Crippen molar-refractivity contribution in [1.82, 2.24) is 5.43 Å². The van der Waals surface area contributed by atoms with Crippen LogP contribution in [0.2, 0.25) is 0 Å². The van der Waals surface area contributed by atoms with Crippen molar-refractivity contribution in [3.05, 3.63) is 58.6 Å². The molecule has 0 aliphatic carbocycles. The molecule has 6 nitrogen and oxygen atoms in total. The summed E-state index contributed by atoms with van der Waals surface area (Å²) in [4.78, 5) is 11.7. The Balaban J connectivity index is 1.77. The van der Waals surface area contributed by atoms with E-state index in [2.05, 4.69) is 26.5 Å². The van der Waals surface area contributed by atoms with Gasteiger partial charge in [0.1, 0.15) is 5.75 Å². The number of allylic oxidation sites excluding steroid dienone is 1. The van der Waals surface area contributed by atoms with Gasteiger partial charge in [0.15, 0.2) is 18.1 Å². The van der Waals surface area contributed by atoms with E-state index in [0.29, 0.717) is 11.5 Å². The Morgan fingerprint density at radius 3 is 2.58 bits per heavy atom. The molecule has 0 unspecified atom stereocenters. The van der Waals surface area contributed by atoms with Crippen molar-refractivity contribution in [3.8, 4) is 17.2 Å². The molecule has 1 amide bonds. The first kappa shape index (κ1) is 19.5. The van der Waals surface area contributed by atoms with Gasteiger partial charge in [-0.25, -0.2) is 5.43 Å². The molecule has 0 aliphatic rings. The van der Waals surface area contributed by atoms with Crippen LogP contribution in [-0.4, -0.2) is 32.9 Å². The van der Waals surface area contributed by atoms with E-state index in [1.54, 1.807) is 31.4 Å². The van der Waals surface area contributed by atoms with Crippen LogP contribution in [0, 0.1) is 0 Å². The van der Waals surface area contributed by atoms with E-state index in [9.17, 15) is 4.79 Å². The normalized spacial score (nSPS) is 10.9. The van der Waals surface area contributed by atoms with Gasteiger partial charge in [-0.1, -0.05) is 34.1 Å². The van der Waals surface area contributed by atoms with E-state index in [4.69, 9.17) is 14.2 Å². The number of nitrogens with zero attached hydrogens (tertiary/aromatic N) is 1. The van der Waals surface area contributed by atoms with Crippen LogP contribution in [0.1, 0.15) is 5.56 Å². The summed E-state index contributed by atoms with van der Waals surface area (Å²) in [6.45, 7) is -0.169. The fraction of sp³-hybridized carbons (Fsp3) is 0.158. The Morgan fingerprint density at radius 1 is 1.12 bits per heavy atom. The minimum Gasteiger partial charge on any atom is -0.497 e. The number of amides is 1. The fourth-order valence-electron chi connectivity index (χ4n) is 1.96. The number of hydrazone groups is 1. The number of halogens is 1. The fourth-order valence-corrected chi connectivity index (χ4v) is 2.30. The number of carbonyl (C=O) groups is 1. The van der Waals surface area contributed by atoms with Crippen LogP contribution in [0.4, 0.5) is 0 Å². The van der Waals surface area contributed by atoms with Crippen molar-refractivity contribution in [2.24, 2.45) is 5.10 Å². The van der Waals surface area contributed by atoms with Gasteiger partial charge in [0.2, 0.25) is 0 Å². The SMILES string of the molecule is COc1ccc(/C=C/C=N\NC(=O)COc2ccc(Br)cc2OC)cc1. The van der Waals surface area contributed by atoms with Gasteiger partial charge >= 0.3 is 0 Å². The zero-order valence-corrected chi connectivity index (χ0v) is 16.0. The number of nitrogens with one attached hydrogen (secondary N) is 1. The predicted molar refractivity (Wildman–Crippen MR) is 105 cm³/mol. The van der Waals surface area contributed by atoms with E-state index >= 15 is 0 Å².